The van der Waals surface area contributed by atoms with Crippen molar-refractivity contribution in [1.82, 2.24) is 0 Å². The summed E-state index contributed by atoms with van der Waals surface area (Å²) < 4.78 is 5.21. The van der Waals surface area contributed by atoms with Gasteiger partial charge in [-0.1, -0.05) is 19.4 Å². The SMILES string of the molecule is CCCCOC/C=C(\C)C=O. The summed E-state index contributed by atoms with van der Waals surface area (Å²) in [5, 5.41) is 0. The minimum atomic E-state index is 0.560. The normalized spacial score (nSPS) is 11.6. The van der Waals surface area contributed by atoms with Crippen molar-refractivity contribution in [3.63, 3.8) is 0 Å². The molecule has 2 nitrogen and oxygen atoms in total. The molecule has 0 heterocycles. The van der Waals surface area contributed by atoms with Crippen molar-refractivity contribution in [2.24, 2.45) is 0 Å². The fraction of sp³-hybridized carbons (Fsp3) is 0.667. The molecule has 0 N–H and O–H groups in total. The largest absolute Gasteiger partial charge is 0.377 e. The van der Waals surface area contributed by atoms with E-state index >= 15 is 0 Å². The number of aldehydes is 1. The van der Waals surface area contributed by atoms with Gasteiger partial charge in [0.05, 0.1) is 6.61 Å². The minimum absolute atomic E-state index is 0.560. The van der Waals surface area contributed by atoms with Crippen LogP contribution in [0.25, 0.3) is 0 Å². The lowest BCUT2D eigenvalue weighted by atomic mass is 10.3. The highest BCUT2D eigenvalue weighted by Gasteiger charge is 1.85. The second-order valence-corrected chi connectivity index (χ2v) is 2.49. The lowest BCUT2D eigenvalue weighted by Crippen LogP contribution is -1.94. The average molecular weight is 156 g/mol. The lowest BCUT2D eigenvalue weighted by molar-refractivity contribution is -0.104. The molecule has 0 radical (unpaired) electrons. The number of hydrogen-bond acceptors (Lipinski definition) is 2. The van der Waals surface area contributed by atoms with Crippen LogP contribution in [0.1, 0.15) is 26.7 Å². The van der Waals surface area contributed by atoms with Crippen LogP contribution in [0, 0.1) is 0 Å². The third kappa shape index (κ3) is 7.26. The fourth-order valence-corrected chi connectivity index (χ4v) is 0.568. The van der Waals surface area contributed by atoms with Crippen molar-refractivity contribution in [2.45, 2.75) is 26.7 Å². The van der Waals surface area contributed by atoms with Gasteiger partial charge in [-0.2, -0.15) is 0 Å². The molecule has 64 valence electrons. The topological polar surface area (TPSA) is 26.3 Å². The summed E-state index contributed by atoms with van der Waals surface area (Å²) >= 11 is 0. The summed E-state index contributed by atoms with van der Waals surface area (Å²) in [5.74, 6) is 0. The Morgan fingerprint density at radius 3 is 2.82 bits per heavy atom. The molecule has 0 bridgehead atoms. The quantitative estimate of drug-likeness (QED) is 0.334. The van der Waals surface area contributed by atoms with Crippen molar-refractivity contribution >= 4 is 6.29 Å². The standard InChI is InChI=1S/C9H16O2/c1-3-4-6-11-7-5-9(2)8-10/h5,8H,3-4,6-7H2,1-2H3/b9-5+. The predicted octanol–water partition coefficient (Wildman–Crippen LogP) is 1.95. The molecule has 0 saturated carbocycles. The number of ether oxygens (including phenoxy) is 1. The first-order valence-corrected chi connectivity index (χ1v) is 4.01. The zero-order chi connectivity index (χ0) is 8.53. The molecule has 0 aromatic carbocycles. The van der Waals surface area contributed by atoms with Gasteiger partial charge in [0, 0.05) is 6.61 Å². The second-order valence-electron chi connectivity index (χ2n) is 2.49. The molecule has 0 amide bonds. The van der Waals surface area contributed by atoms with Gasteiger partial charge in [0.25, 0.3) is 0 Å². The number of allylic oxidation sites excluding steroid dienone is 1. The van der Waals surface area contributed by atoms with Gasteiger partial charge in [0.2, 0.25) is 0 Å². The van der Waals surface area contributed by atoms with E-state index < -0.39 is 0 Å². The first-order chi connectivity index (χ1) is 5.31. The third-order valence-corrected chi connectivity index (χ3v) is 1.35. The Bertz CT molecular complexity index is 128. The maximum absolute atomic E-state index is 10.1. The summed E-state index contributed by atoms with van der Waals surface area (Å²) in [4.78, 5) is 10.1. The zero-order valence-electron chi connectivity index (χ0n) is 7.30. The number of unbranched alkanes of at least 4 members (excludes halogenated alkanes) is 1. The van der Waals surface area contributed by atoms with Gasteiger partial charge in [-0.05, 0) is 18.9 Å². The van der Waals surface area contributed by atoms with E-state index in [2.05, 4.69) is 6.92 Å². The first-order valence-electron chi connectivity index (χ1n) is 4.01. The van der Waals surface area contributed by atoms with Crippen molar-refractivity contribution in [1.29, 1.82) is 0 Å². The van der Waals surface area contributed by atoms with Crippen LogP contribution in [0.5, 0.6) is 0 Å². The Kier molecular flexibility index (Phi) is 7.05. The predicted molar refractivity (Wildman–Crippen MR) is 45.5 cm³/mol. The summed E-state index contributed by atoms with van der Waals surface area (Å²) in [6, 6.07) is 0. The van der Waals surface area contributed by atoms with E-state index in [0.717, 1.165) is 31.3 Å². The van der Waals surface area contributed by atoms with Crippen LogP contribution in [-0.4, -0.2) is 19.5 Å². The van der Waals surface area contributed by atoms with Crippen LogP contribution in [0.3, 0.4) is 0 Å². The summed E-state index contributed by atoms with van der Waals surface area (Å²) in [6.45, 7) is 5.25. The van der Waals surface area contributed by atoms with Crippen molar-refractivity contribution in [3.05, 3.63) is 11.6 Å². The highest BCUT2D eigenvalue weighted by atomic mass is 16.5. The van der Waals surface area contributed by atoms with Gasteiger partial charge >= 0.3 is 0 Å². The van der Waals surface area contributed by atoms with Crippen LogP contribution >= 0.6 is 0 Å². The Labute approximate surface area is 68.2 Å². The number of carbonyl (C=O) groups excluding carboxylic acids is 1. The highest BCUT2D eigenvalue weighted by Crippen LogP contribution is 1.90. The van der Waals surface area contributed by atoms with Crippen LogP contribution < -0.4 is 0 Å². The monoisotopic (exact) mass is 156 g/mol. The summed E-state index contributed by atoms with van der Waals surface area (Å²) in [6.07, 6.45) is 4.87. The molecule has 0 rings (SSSR count). The third-order valence-electron chi connectivity index (χ3n) is 1.35. The van der Waals surface area contributed by atoms with Crippen LogP contribution in [0.15, 0.2) is 11.6 Å². The van der Waals surface area contributed by atoms with Crippen molar-refractivity contribution < 1.29 is 9.53 Å². The molecule has 0 aliphatic rings. The fourth-order valence-electron chi connectivity index (χ4n) is 0.568. The van der Waals surface area contributed by atoms with Gasteiger partial charge in [-0.3, -0.25) is 4.79 Å². The van der Waals surface area contributed by atoms with Crippen LogP contribution in [-0.2, 0) is 9.53 Å². The van der Waals surface area contributed by atoms with Gasteiger partial charge < -0.3 is 4.74 Å². The van der Waals surface area contributed by atoms with E-state index in [4.69, 9.17) is 4.74 Å². The molecule has 0 aliphatic carbocycles. The van der Waals surface area contributed by atoms with Gasteiger partial charge in [-0.25, -0.2) is 0 Å². The second kappa shape index (κ2) is 7.48. The van der Waals surface area contributed by atoms with Crippen LogP contribution in [0.2, 0.25) is 0 Å². The smallest absolute Gasteiger partial charge is 0.145 e. The van der Waals surface area contributed by atoms with E-state index in [1.165, 1.54) is 0 Å². The molecular weight excluding hydrogens is 140 g/mol. The molecule has 0 aromatic heterocycles. The lowest BCUT2D eigenvalue weighted by Gasteiger charge is -1.97. The molecule has 11 heavy (non-hydrogen) atoms. The Morgan fingerprint density at radius 2 is 2.27 bits per heavy atom. The molecule has 0 unspecified atom stereocenters. The zero-order valence-corrected chi connectivity index (χ0v) is 7.30. The maximum atomic E-state index is 10.1. The molecule has 0 fully saturated rings. The van der Waals surface area contributed by atoms with E-state index in [1.807, 2.05) is 0 Å². The molecule has 2 heteroatoms. The van der Waals surface area contributed by atoms with E-state index in [-0.39, 0.29) is 0 Å². The first kappa shape index (κ1) is 10.4. The van der Waals surface area contributed by atoms with E-state index in [0.29, 0.717) is 6.61 Å². The van der Waals surface area contributed by atoms with Crippen molar-refractivity contribution in [3.8, 4) is 0 Å². The Hall–Kier alpha value is -0.630. The number of hydrogen-bond donors (Lipinski definition) is 0. The molecule has 0 aromatic rings. The minimum Gasteiger partial charge on any atom is -0.377 e. The summed E-state index contributed by atoms with van der Waals surface area (Å²) in [7, 11) is 0. The Morgan fingerprint density at radius 1 is 1.55 bits per heavy atom. The van der Waals surface area contributed by atoms with Crippen LogP contribution in [0.4, 0.5) is 0 Å². The van der Waals surface area contributed by atoms with Gasteiger partial charge in [0.1, 0.15) is 6.29 Å². The average Bonchev–Trinajstić information content (AvgIpc) is 2.04. The van der Waals surface area contributed by atoms with Gasteiger partial charge in [0.15, 0.2) is 0 Å². The maximum Gasteiger partial charge on any atom is 0.145 e. The van der Waals surface area contributed by atoms with E-state index in [9.17, 15) is 4.79 Å². The Balaban J connectivity index is 3.19. The molecule has 0 spiro atoms. The molecule has 0 atom stereocenters. The number of carbonyl (C=O) groups is 1. The molecule has 0 saturated heterocycles. The highest BCUT2D eigenvalue weighted by molar-refractivity contribution is 5.71. The molecular formula is C9H16O2. The molecule has 0 aliphatic heterocycles. The summed E-state index contributed by atoms with van der Waals surface area (Å²) in [5.41, 5.74) is 0.737. The number of rotatable bonds is 6. The van der Waals surface area contributed by atoms with Gasteiger partial charge in [-0.15, -0.1) is 0 Å². The van der Waals surface area contributed by atoms with E-state index in [1.54, 1.807) is 13.0 Å². The van der Waals surface area contributed by atoms with Crippen molar-refractivity contribution in [2.75, 3.05) is 13.2 Å².